The van der Waals surface area contributed by atoms with Crippen molar-refractivity contribution in [2.45, 2.75) is 58.2 Å². The quantitative estimate of drug-likeness (QED) is 0.786. The fraction of sp³-hybridized carbons (Fsp3) is 0.818. The van der Waals surface area contributed by atoms with E-state index in [0.29, 0.717) is 19.4 Å². The summed E-state index contributed by atoms with van der Waals surface area (Å²) in [6.45, 7) is 8.16. The smallest absolute Gasteiger partial charge is 0.102 e. The van der Waals surface area contributed by atoms with Gasteiger partial charge >= 0.3 is 0 Å². The summed E-state index contributed by atoms with van der Waals surface area (Å²) in [4.78, 5) is 0. The van der Waals surface area contributed by atoms with Gasteiger partial charge in [0, 0.05) is 0 Å². The minimum Gasteiger partial charge on any atom is -0.388 e. The van der Waals surface area contributed by atoms with Crippen LogP contribution in [0.25, 0.3) is 0 Å². The molecular formula is C11H22N4O. The summed E-state index contributed by atoms with van der Waals surface area (Å²) < 4.78 is 1.66. The van der Waals surface area contributed by atoms with E-state index >= 15 is 0 Å². The highest BCUT2D eigenvalue weighted by Gasteiger charge is 2.25. The van der Waals surface area contributed by atoms with Crippen LogP contribution in [-0.4, -0.2) is 25.7 Å². The minimum absolute atomic E-state index is 0.461. The summed E-state index contributed by atoms with van der Waals surface area (Å²) >= 11 is 0. The van der Waals surface area contributed by atoms with Gasteiger partial charge in [-0.3, -0.25) is 0 Å². The Bertz CT molecular complexity index is 336. The second kappa shape index (κ2) is 4.51. The van der Waals surface area contributed by atoms with Crippen LogP contribution in [-0.2, 0) is 12.1 Å². The molecule has 5 heteroatoms. The van der Waals surface area contributed by atoms with E-state index in [0.717, 1.165) is 5.69 Å². The van der Waals surface area contributed by atoms with Crippen molar-refractivity contribution in [1.29, 1.82) is 0 Å². The van der Waals surface area contributed by atoms with Crippen molar-refractivity contribution in [3.63, 3.8) is 0 Å². The molecule has 1 aromatic rings. The van der Waals surface area contributed by atoms with Gasteiger partial charge in [-0.1, -0.05) is 19.1 Å². The number of aliphatic hydroxyl groups is 1. The van der Waals surface area contributed by atoms with Crippen molar-refractivity contribution in [2.24, 2.45) is 5.73 Å². The Morgan fingerprint density at radius 1 is 1.38 bits per heavy atom. The van der Waals surface area contributed by atoms with Gasteiger partial charge in [-0.2, -0.15) is 0 Å². The molecule has 0 spiro atoms. The van der Waals surface area contributed by atoms with Gasteiger partial charge in [0.05, 0.1) is 23.9 Å². The van der Waals surface area contributed by atoms with Crippen LogP contribution in [0.1, 0.15) is 46.2 Å². The summed E-state index contributed by atoms with van der Waals surface area (Å²) in [5, 5.41) is 18.2. The molecular weight excluding hydrogens is 204 g/mol. The number of hydrogen-bond donors (Lipinski definition) is 2. The molecule has 1 rings (SSSR count). The first-order valence-corrected chi connectivity index (χ1v) is 5.72. The zero-order valence-corrected chi connectivity index (χ0v) is 10.6. The van der Waals surface area contributed by atoms with Crippen LogP contribution in [0.3, 0.4) is 0 Å². The third kappa shape index (κ3) is 3.02. The van der Waals surface area contributed by atoms with E-state index in [2.05, 4.69) is 10.3 Å². The number of rotatable bonds is 5. The first kappa shape index (κ1) is 13.1. The molecule has 1 aromatic heterocycles. The predicted molar refractivity (Wildman–Crippen MR) is 62.8 cm³/mol. The van der Waals surface area contributed by atoms with Crippen LogP contribution >= 0.6 is 0 Å². The molecule has 0 amide bonds. The van der Waals surface area contributed by atoms with Gasteiger partial charge in [-0.15, -0.1) is 5.10 Å². The molecule has 0 atom stereocenters. The molecule has 0 radical (unpaired) electrons. The summed E-state index contributed by atoms with van der Waals surface area (Å²) in [7, 11) is 0. The van der Waals surface area contributed by atoms with Gasteiger partial charge in [0.25, 0.3) is 0 Å². The third-order valence-electron chi connectivity index (χ3n) is 2.97. The van der Waals surface area contributed by atoms with Crippen LogP contribution in [0.2, 0.25) is 0 Å². The van der Waals surface area contributed by atoms with Crippen molar-refractivity contribution < 1.29 is 5.11 Å². The molecule has 0 aliphatic rings. The molecule has 3 N–H and O–H groups in total. The molecule has 1 heterocycles. The summed E-state index contributed by atoms with van der Waals surface area (Å²) in [6, 6.07) is 0. The lowest BCUT2D eigenvalue weighted by Gasteiger charge is -2.24. The van der Waals surface area contributed by atoms with E-state index < -0.39 is 11.1 Å². The Morgan fingerprint density at radius 2 is 1.94 bits per heavy atom. The van der Waals surface area contributed by atoms with E-state index in [1.807, 2.05) is 27.7 Å². The van der Waals surface area contributed by atoms with E-state index in [-0.39, 0.29) is 0 Å². The average molecular weight is 226 g/mol. The molecule has 0 fully saturated rings. The highest BCUT2D eigenvalue weighted by atomic mass is 16.3. The topological polar surface area (TPSA) is 77.0 Å². The Kier molecular flexibility index (Phi) is 3.70. The highest BCUT2D eigenvalue weighted by Crippen LogP contribution is 2.18. The van der Waals surface area contributed by atoms with Crippen molar-refractivity contribution >= 4 is 0 Å². The second-order valence-electron chi connectivity index (χ2n) is 4.95. The molecule has 0 saturated heterocycles. The zero-order chi connectivity index (χ0) is 12.4. The van der Waals surface area contributed by atoms with Crippen LogP contribution < -0.4 is 5.73 Å². The fourth-order valence-corrected chi connectivity index (χ4v) is 1.45. The molecule has 0 unspecified atom stereocenters. The lowest BCUT2D eigenvalue weighted by molar-refractivity contribution is 0.0114. The van der Waals surface area contributed by atoms with Gasteiger partial charge < -0.3 is 10.8 Å². The molecule has 92 valence electrons. The predicted octanol–water partition coefficient (Wildman–Crippen LogP) is 1.02. The van der Waals surface area contributed by atoms with Gasteiger partial charge in [0.15, 0.2) is 0 Å². The van der Waals surface area contributed by atoms with Gasteiger partial charge in [0.1, 0.15) is 5.69 Å². The van der Waals surface area contributed by atoms with Crippen molar-refractivity contribution in [3.8, 4) is 0 Å². The van der Waals surface area contributed by atoms with Crippen LogP contribution in [0, 0.1) is 0 Å². The Balaban J connectivity index is 2.80. The Morgan fingerprint density at radius 3 is 2.31 bits per heavy atom. The minimum atomic E-state index is -0.705. The lowest BCUT2D eigenvalue weighted by atomic mass is 9.97. The fourth-order valence-electron chi connectivity index (χ4n) is 1.45. The largest absolute Gasteiger partial charge is 0.388 e. The Labute approximate surface area is 96.6 Å². The summed E-state index contributed by atoms with van der Waals surface area (Å²) in [5.74, 6) is 0. The standard InChI is InChI=1S/C11H22N4O/c1-5-11(16,6-2)8-15-7-9(13-14-15)10(3,4)12/h7,16H,5-6,8,12H2,1-4H3. The average Bonchev–Trinajstić information content (AvgIpc) is 2.65. The van der Waals surface area contributed by atoms with Gasteiger partial charge in [-0.25, -0.2) is 4.68 Å². The van der Waals surface area contributed by atoms with E-state index in [1.54, 1.807) is 10.9 Å². The maximum absolute atomic E-state index is 10.2. The molecule has 0 aliphatic carbocycles. The van der Waals surface area contributed by atoms with Crippen molar-refractivity contribution in [2.75, 3.05) is 0 Å². The first-order valence-electron chi connectivity index (χ1n) is 5.72. The van der Waals surface area contributed by atoms with E-state index in [9.17, 15) is 5.11 Å². The van der Waals surface area contributed by atoms with Crippen LogP contribution in [0.4, 0.5) is 0 Å². The summed E-state index contributed by atoms with van der Waals surface area (Å²) in [6.07, 6.45) is 3.20. The van der Waals surface area contributed by atoms with Gasteiger partial charge in [0.2, 0.25) is 0 Å². The molecule has 0 saturated carbocycles. The lowest BCUT2D eigenvalue weighted by Crippen LogP contribution is -2.33. The van der Waals surface area contributed by atoms with Crippen LogP contribution in [0.5, 0.6) is 0 Å². The number of nitrogens with two attached hydrogens (primary N) is 1. The zero-order valence-electron chi connectivity index (χ0n) is 10.6. The van der Waals surface area contributed by atoms with Crippen molar-refractivity contribution in [3.05, 3.63) is 11.9 Å². The monoisotopic (exact) mass is 226 g/mol. The Hall–Kier alpha value is -0.940. The molecule has 0 aromatic carbocycles. The number of hydrogen-bond acceptors (Lipinski definition) is 4. The van der Waals surface area contributed by atoms with E-state index in [4.69, 9.17) is 5.73 Å². The molecule has 5 nitrogen and oxygen atoms in total. The third-order valence-corrected chi connectivity index (χ3v) is 2.97. The normalized spacial score (nSPS) is 13.1. The molecule has 0 bridgehead atoms. The summed E-state index contributed by atoms with van der Waals surface area (Å²) in [5.41, 5.74) is 5.46. The molecule has 16 heavy (non-hydrogen) atoms. The highest BCUT2D eigenvalue weighted by molar-refractivity contribution is 5.05. The first-order chi connectivity index (χ1) is 7.30. The SMILES string of the molecule is CCC(O)(CC)Cn1cc(C(C)(C)N)nn1. The second-order valence-corrected chi connectivity index (χ2v) is 4.95. The number of aromatic nitrogens is 3. The maximum atomic E-state index is 10.2. The van der Waals surface area contributed by atoms with Crippen molar-refractivity contribution in [1.82, 2.24) is 15.0 Å². The maximum Gasteiger partial charge on any atom is 0.102 e. The van der Waals surface area contributed by atoms with Gasteiger partial charge in [-0.05, 0) is 26.7 Å². The number of nitrogens with zero attached hydrogens (tertiary/aromatic N) is 3. The van der Waals surface area contributed by atoms with E-state index in [1.165, 1.54) is 0 Å². The van der Waals surface area contributed by atoms with Crippen LogP contribution in [0.15, 0.2) is 6.20 Å². The molecule has 0 aliphatic heterocycles.